The van der Waals surface area contributed by atoms with Gasteiger partial charge in [0.15, 0.2) is 5.78 Å². The van der Waals surface area contributed by atoms with Crippen LogP contribution < -0.4 is 5.32 Å². The van der Waals surface area contributed by atoms with Crippen LogP contribution in [0, 0.1) is 0 Å². The van der Waals surface area contributed by atoms with Crippen LogP contribution >= 0.6 is 7.60 Å². The van der Waals surface area contributed by atoms with Gasteiger partial charge in [0.25, 0.3) is 0 Å². The molecule has 4 nitrogen and oxygen atoms in total. The lowest BCUT2D eigenvalue weighted by molar-refractivity contribution is 0.214. The van der Waals surface area contributed by atoms with Crippen LogP contribution in [-0.2, 0) is 13.6 Å². The zero-order valence-electron chi connectivity index (χ0n) is 15.1. The SMILES string of the molecule is CCOP(=O)(OCC)C(Nc1cccc2ccccc12)c1ccccc1. The third kappa shape index (κ3) is 3.99. The van der Waals surface area contributed by atoms with Gasteiger partial charge in [-0.25, -0.2) is 0 Å². The van der Waals surface area contributed by atoms with Gasteiger partial charge in [-0.15, -0.1) is 0 Å². The normalized spacial score (nSPS) is 12.8. The van der Waals surface area contributed by atoms with Gasteiger partial charge in [0.1, 0.15) is 0 Å². The Morgan fingerprint density at radius 3 is 2.15 bits per heavy atom. The fourth-order valence-corrected chi connectivity index (χ4v) is 4.95. The number of hydrogen-bond donors (Lipinski definition) is 1. The highest BCUT2D eigenvalue weighted by Crippen LogP contribution is 2.61. The monoisotopic (exact) mass is 369 g/mol. The molecule has 26 heavy (non-hydrogen) atoms. The highest BCUT2D eigenvalue weighted by molar-refractivity contribution is 7.54. The molecular weight excluding hydrogens is 345 g/mol. The first-order valence-electron chi connectivity index (χ1n) is 8.86. The van der Waals surface area contributed by atoms with Crippen molar-refractivity contribution in [1.82, 2.24) is 0 Å². The molecule has 0 aliphatic rings. The Morgan fingerprint density at radius 1 is 0.846 bits per heavy atom. The van der Waals surface area contributed by atoms with E-state index < -0.39 is 13.4 Å². The van der Waals surface area contributed by atoms with E-state index >= 15 is 0 Å². The topological polar surface area (TPSA) is 47.6 Å². The predicted octanol–water partition coefficient (Wildman–Crippen LogP) is 6.22. The molecule has 0 aromatic heterocycles. The second kappa shape index (κ2) is 8.50. The van der Waals surface area contributed by atoms with E-state index in [1.807, 2.05) is 74.5 Å². The molecule has 3 aromatic rings. The molecule has 0 aliphatic heterocycles. The van der Waals surface area contributed by atoms with Crippen LogP contribution in [0.25, 0.3) is 10.8 Å². The molecule has 0 bridgehead atoms. The van der Waals surface area contributed by atoms with Crippen LogP contribution in [0.1, 0.15) is 25.2 Å². The number of rotatable bonds is 8. The van der Waals surface area contributed by atoms with Crippen LogP contribution in [0.4, 0.5) is 5.69 Å². The highest BCUT2D eigenvalue weighted by Gasteiger charge is 2.37. The zero-order chi connectivity index (χ0) is 18.4. The molecule has 0 saturated carbocycles. The summed E-state index contributed by atoms with van der Waals surface area (Å²) in [4.78, 5) is 0. The van der Waals surface area contributed by atoms with E-state index in [0.717, 1.165) is 22.0 Å². The van der Waals surface area contributed by atoms with Crippen molar-refractivity contribution in [2.24, 2.45) is 0 Å². The third-order valence-corrected chi connectivity index (χ3v) is 6.43. The Labute approximate surface area is 154 Å². The first kappa shape index (κ1) is 18.7. The van der Waals surface area contributed by atoms with Crippen LogP contribution in [0.15, 0.2) is 72.8 Å². The van der Waals surface area contributed by atoms with Gasteiger partial charge in [-0.2, -0.15) is 0 Å². The highest BCUT2D eigenvalue weighted by atomic mass is 31.2. The molecule has 1 N–H and O–H groups in total. The summed E-state index contributed by atoms with van der Waals surface area (Å²) in [6.45, 7) is 4.28. The van der Waals surface area contributed by atoms with E-state index in [4.69, 9.17) is 9.05 Å². The van der Waals surface area contributed by atoms with E-state index in [9.17, 15) is 4.57 Å². The second-order valence-corrected chi connectivity index (χ2v) is 7.97. The minimum atomic E-state index is -3.41. The molecule has 0 saturated heterocycles. The third-order valence-electron chi connectivity index (χ3n) is 4.13. The standard InChI is InChI=1S/C21H24NO3P/c1-3-24-26(23,25-4-2)21(18-12-6-5-7-13-18)22-20-16-10-14-17-11-8-9-15-19(17)20/h5-16,21-22H,3-4H2,1-2H3. The molecule has 3 aromatic carbocycles. The maximum atomic E-state index is 13.5. The fraction of sp³-hybridized carbons (Fsp3) is 0.238. The van der Waals surface area contributed by atoms with E-state index in [-0.39, 0.29) is 0 Å². The van der Waals surface area contributed by atoms with Crippen LogP contribution in [-0.4, -0.2) is 13.2 Å². The van der Waals surface area contributed by atoms with E-state index in [1.54, 1.807) is 0 Å². The van der Waals surface area contributed by atoms with Crippen LogP contribution in [0.2, 0.25) is 0 Å². The Kier molecular flexibility index (Phi) is 6.10. The Hall–Kier alpha value is -2.13. The molecule has 0 heterocycles. The molecule has 3 rings (SSSR count). The lowest BCUT2D eigenvalue weighted by atomic mass is 10.1. The second-order valence-electron chi connectivity index (χ2n) is 5.86. The lowest BCUT2D eigenvalue weighted by Crippen LogP contribution is -2.15. The maximum Gasteiger partial charge on any atom is 0.357 e. The molecule has 1 atom stereocenters. The minimum Gasteiger partial charge on any atom is -0.367 e. The molecule has 5 heteroatoms. The molecule has 0 fully saturated rings. The van der Waals surface area contributed by atoms with Gasteiger partial charge >= 0.3 is 7.60 Å². The van der Waals surface area contributed by atoms with Gasteiger partial charge in [-0.05, 0) is 30.9 Å². The molecule has 0 spiro atoms. The molecule has 0 amide bonds. The maximum absolute atomic E-state index is 13.5. The summed E-state index contributed by atoms with van der Waals surface area (Å²) in [6, 6.07) is 23.8. The van der Waals surface area contributed by atoms with Crippen LogP contribution in [0.5, 0.6) is 0 Å². The van der Waals surface area contributed by atoms with E-state index in [0.29, 0.717) is 13.2 Å². The number of fused-ring (bicyclic) bond motifs is 1. The van der Waals surface area contributed by atoms with Crippen LogP contribution in [0.3, 0.4) is 0 Å². The van der Waals surface area contributed by atoms with Gasteiger partial charge < -0.3 is 14.4 Å². The first-order valence-corrected chi connectivity index (χ1v) is 10.5. The molecule has 136 valence electrons. The van der Waals surface area contributed by atoms with E-state index in [2.05, 4.69) is 17.4 Å². The lowest BCUT2D eigenvalue weighted by Gasteiger charge is -2.28. The summed E-state index contributed by atoms with van der Waals surface area (Å²) in [5.74, 6) is -0.589. The van der Waals surface area contributed by atoms with Crippen molar-refractivity contribution >= 4 is 24.1 Å². The van der Waals surface area contributed by atoms with Crippen molar-refractivity contribution in [2.45, 2.75) is 19.6 Å². The first-order chi connectivity index (χ1) is 12.7. The Balaban J connectivity index is 2.07. The fourth-order valence-electron chi connectivity index (χ4n) is 3.03. The molecule has 0 radical (unpaired) electrons. The average molecular weight is 369 g/mol. The van der Waals surface area contributed by atoms with Gasteiger partial charge in [0.2, 0.25) is 0 Å². The predicted molar refractivity (Wildman–Crippen MR) is 108 cm³/mol. The minimum absolute atomic E-state index is 0.317. The summed E-state index contributed by atoms with van der Waals surface area (Å²) in [5, 5.41) is 5.62. The van der Waals surface area contributed by atoms with Crippen molar-refractivity contribution in [2.75, 3.05) is 18.5 Å². The molecule has 0 aliphatic carbocycles. The quantitative estimate of drug-likeness (QED) is 0.479. The summed E-state index contributed by atoms with van der Waals surface area (Å²) >= 11 is 0. The smallest absolute Gasteiger partial charge is 0.357 e. The summed E-state index contributed by atoms with van der Waals surface area (Å²) in [5.41, 5.74) is 1.77. The number of anilines is 1. The summed E-state index contributed by atoms with van der Waals surface area (Å²) < 4.78 is 24.8. The molecule has 1 unspecified atom stereocenters. The van der Waals surface area contributed by atoms with Gasteiger partial charge in [-0.1, -0.05) is 66.7 Å². The van der Waals surface area contributed by atoms with Crippen molar-refractivity contribution in [1.29, 1.82) is 0 Å². The Morgan fingerprint density at radius 2 is 1.46 bits per heavy atom. The van der Waals surface area contributed by atoms with E-state index in [1.165, 1.54) is 0 Å². The number of nitrogens with one attached hydrogen (secondary N) is 1. The van der Waals surface area contributed by atoms with Gasteiger partial charge in [-0.3, -0.25) is 4.57 Å². The van der Waals surface area contributed by atoms with Crippen molar-refractivity contribution in [3.8, 4) is 0 Å². The number of hydrogen-bond acceptors (Lipinski definition) is 4. The largest absolute Gasteiger partial charge is 0.367 e. The zero-order valence-corrected chi connectivity index (χ0v) is 16.0. The summed E-state index contributed by atoms with van der Waals surface area (Å²) in [6.07, 6.45) is 0. The summed E-state index contributed by atoms with van der Waals surface area (Å²) in [7, 11) is -3.41. The average Bonchev–Trinajstić information content (AvgIpc) is 2.67. The Bertz CT molecular complexity index is 883. The molecular formula is C21H24NO3P. The van der Waals surface area contributed by atoms with Crippen molar-refractivity contribution < 1.29 is 13.6 Å². The van der Waals surface area contributed by atoms with Gasteiger partial charge in [0.05, 0.1) is 13.2 Å². The van der Waals surface area contributed by atoms with Gasteiger partial charge in [0, 0.05) is 11.1 Å². The van der Waals surface area contributed by atoms with Crippen molar-refractivity contribution in [3.63, 3.8) is 0 Å². The van der Waals surface area contributed by atoms with Crippen molar-refractivity contribution in [3.05, 3.63) is 78.4 Å². The number of benzene rings is 3.